The molecule has 26 heavy (non-hydrogen) atoms. The van der Waals surface area contributed by atoms with Crippen molar-refractivity contribution in [2.24, 2.45) is 0 Å². The van der Waals surface area contributed by atoms with Gasteiger partial charge < -0.3 is 19.9 Å². The third kappa shape index (κ3) is 5.97. The predicted octanol–water partition coefficient (Wildman–Crippen LogP) is 3.31. The molecule has 0 bridgehead atoms. The van der Waals surface area contributed by atoms with Crippen molar-refractivity contribution in [3.63, 3.8) is 0 Å². The van der Waals surface area contributed by atoms with E-state index in [4.69, 9.17) is 4.74 Å². The van der Waals surface area contributed by atoms with Crippen LogP contribution in [-0.2, 0) is 11.2 Å². The second-order valence-corrected chi connectivity index (χ2v) is 7.80. The summed E-state index contributed by atoms with van der Waals surface area (Å²) in [6, 6.07) is 10.1. The summed E-state index contributed by atoms with van der Waals surface area (Å²) in [5.74, 6) is 0. The number of rotatable bonds is 10. The predicted molar refractivity (Wildman–Crippen MR) is 110 cm³/mol. The van der Waals surface area contributed by atoms with Crippen LogP contribution >= 0.6 is 0 Å². The van der Waals surface area contributed by atoms with E-state index in [1.165, 1.54) is 69.5 Å². The van der Waals surface area contributed by atoms with E-state index < -0.39 is 0 Å². The highest BCUT2D eigenvalue weighted by Crippen LogP contribution is 2.25. The van der Waals surface area contributed by atoms with Crippen LogP contribution in [0.15, 0.2) is 24.3 Å². The quantitative estimate of drug-likeness (QED) is 0.649. The van der Waals surface area contributed by atoms with E-state index in [0.717, 1.165) is 38.6 Å². The molecule has 0 aromatic heterocycles. The average Bonchev–Trinajstić information content (AvgIpc) is 3.23. The molecular weight excluding hydrogens is 322 g/mol. The van der Waals surface area contributed by atoms with Crippen LogP contribution in [0.25, 0.3) is 0 Å². The number of likely N-dealkylation sites (tertiary alicyclic amines) is 1. The minimum atomic E-state index is 0.819. The van der Waals surface area contributed by atoms with E-state index in [9.17, 15) is 0 Å². The topological polar surface area (TPSA) is 27.7 Å². The van der Waals surface area contributed by atoms with Crippen LogP contribution in [0.3, 0.4) is 0 Å². The first-order valence-corrected chi connectivity index (χ1v) is 10.7. The standard InChI is InChI=1S/C22H37N3O/c1-23-13-19-26-18-5-2-6-20-7-9-21(10-8-20)25-16-11-22(12-17-25)24-14-3-4-15-24/h7-10,22-23H,2-6,11-19H2,1H3. The van der Waals surface area contributed by atoms with Gasteiger partial charge in [-0.25, -0.2) is 0 Å². The minimum Gasteiger partial charge on any atom is -0.380 e. The SMILES string of the molecule is CNCCOCCCCc1ccc(N2CCC(N3CCCC3)CC2)cc1. The normalized spacial score (nSPS) is 19.3. The second-order valence-electron chi connectivity index (χ2n) is 7.80. The fourth-order valence-electron chi connectivity index (χ4n) is 4.28. The van der Waals surface area contributed by atoms with Gasteiger partial charge in [0.05, 0.1) is 6.61 Å². The van der Waals surface area contributed by atoms with E-state index in [-0.39, 0.29) is 0 Å². The molecule has 3 rings (SSSR count). The molecule has 0 spiro atoms. The number of unbranched alkanes of at least 4 members (excludes halogenated alkanes) is 1. The Bertz CT molecular complexity index is 491. The monoisotopic (exact) mass is 359 g/mol. The van der Waals surface area contributed by atoms with Crippen LogP contribution in [0, 0.1) is 0 Å². The molecule has 0 radical (unpaired) electrons. The highest BCUT2D eigenvalue weighted by molar-refractivity contribution is 5.48. The first-order chi connectivity index (χ1) is 12.9. The highest BCUT2D eigenvalue weighted by Gasteiger charge is 2.26. The van der Waals surface area contributed by atoms with Crippen molar-refractivity contribution < 1.29 is 4.74 Å². The Labute approximate surface area is 159 Å². The molecule has 4 nitrogen and oxygen atoms in total. The van der Waals surface area contributed by atoms with Crippen molar-refractivity contribution >= 4 is 5.69 Å². The molecule has 4 heteroatoms. The van der Waals surface area contributed by atoms with Crippen LogP contribution in [0.4, 0.5) is 5.69 Å². The minimum absolute atomic E-state index is 0.819. The second kappa shape index (κ2) is 10.9. The van der Waals surface area contributed by atoms with Gasteiger partial charge in [0.25, 0.3) is 0 Å². The van der Waals surface area contributed by atoms with Crippen LogP contribution in [0.5, 0.6) is 0 Å². The van der Waals surface area contributed by atoms with Gasteiger partial charge in [-0.3, -0.25) is 0 Å². The van der Waals surface area contributed by atoms with Gasteiger partial charge in [0, 0.05) is 38.0 Å². The highest BCUT2D eigenvalue weighted by atomic mass is 16.5. The van der Waals surface area contributed by atoms with Gasteiger partial charge in [-0.15, -0.1) is 0 Å². The van der Waals surface area contributed by atoms with Crippen molar-refractivity contribution in [1.29, 1.82) is 0 Å². The van der Waals surface area contributed by atoms with E-state index in [2.05, 4.69) is 39.4 Å². The van der Waals surface area contributed by atoms with Crippen molar-refractivity contribution in [3.05, 3.63) is 29.8 Å². The zero-order valence-electron chi connectivity index (χ0n) is 16.6. The number of ether oxygens (including phenoxy) is 1. The lowest BCUT2D eigenvalue weighted by molar-refractivity contribution is 0.133. The summed E-state index contributed by atoms with van der Waals surface area (Å²) >= 11 is 0. The number of hydrogen-bond acceptors (Lipinski definition) is 4. The number of anilines is 1. The average molecular weight is 360 g/mol. The number of benzene rings is 1. The maximum Gasteiger partial charge on any atom is 0.0590 e. The van der Waals surface area contributed by atoms with Gasteiger partial charge >= 0.3 is 0 Å². The van der Waals surface area contributed by atoms with E-state index in [1.54, 1.807) is 0 Å². The molecule has 2 fully saturated rings. The largest absolute Gasteiger partial charge is 0.380 e. The third-order valence-corrected chi connectivity index (χ3v) is 5.92. The zero-order chi connectivity index (χ0) is 18.0. The van der Waals surface area contributed by atoms with Crippen molar-refractivity contribution in [2.75, 3.05) is 57.9 Å². The number of likely N-dealkylation sites (N-methyl/N-ethyl adjacent to an activating group) is 1. The number of nitrogens with zero attached hydrogens (tertiary/aromatic N) is 2. The van der Waals surface area contributed by atoms with Crippen molar-refractivity contribution in [2.45, 2.75) is 51.0 Å². The van der Waals surface area contributed by atoms with Gasteiger partial charge in [-0.2, -0.15) is 0 Å². The molecule has 0 atom stereocenters. The number of piperidine rings is 1. The van der Waals surface area contributed by atoms with Crippen LogP contribution in [-0.4, -0.2) is 63.9 Å². The maximum atomic E-state index is 5.58. The number of hydrogen-bond donors (Lipinski definition) is 1. The fraction of sp³-hybridized carbons (Fsp3) is 0.727. The zero-order valence-corrected chi connectivity index (χ0v) is 16.6. The molecule has 0 saturated carbocycles. The van der Waals surface area contributed by atoms with Gasteiger partial charge in [-0.1, -0.05) is 12.1 Å². The van der Waals surface area contributed by atoms with Crippen LogP contribution in [0.2, 0.25) is 0 Å². The maximum absolute atomic E-state index is 5.58. The molecule has 2 aliphatic heterocycles. The molecule has 2 aliphatic rings. The molecule has 1 N–H and O–H groups in total. The molecule has 0 unspecified atom stereocenters. The van der Waals surface area contributed by atoms with Gasteiger partial charge in [-0.05, 0) is 82.8 Å². The third-order valence-electron chi connectivity index (χ3n) is 5.92. The van der Waals surface area contributed by atoms with Crippen LogP contribution in [0.1, 0.15) is 44.1 Å². The lowest BCUT2D eigenvalue weighted by atomic mass is 10.0. The summed E-state index contributed by atoms with van der Waals surface area (Å²) in [5, 5.41) is 3.10. The summed E-state index contributed by atoms with van der Waals surface area (Å²) in [4.78, 5) is 5.30. The van der Waals surface area contributed by atoms with Gasteiger partial charge in [0.1, 0.15) is 0 Å². The van der Waals surface area contributed by atoms with E-state index in [1.807, 2.05) is 7.05 Å². The molecule has 2 heterocycles. The fourth-order valence-corrected chi connectivity index (χ4v) is 4.28. The summed E-state index contributed by atoms with van der Waals surface area (Å²) in [5.41, 5.74) is 2.86. The smallest absolute Gasteiger partial charge is 0.0590 e. The Kier molecular flexibility index (Phi) is 8.24. The Morgan fingerprint density at radius 3 is 2.38 bits per heavy atom. The van der Waals surface area contributed by atoms with Crippen molar-refractivity contribution in [3.8, 4) is 0 Å². The molecular formula is C22H37N3O. The summed E-state index contributed by atoms with van der Waals surface area (Å²) < 4.78 is 5.58. The number of aryl methyl sites for hydroxylation is 1. The van der Waals surface area contributed by atoms with Gasteiger partial charge in [0.15, 0.2) is 0 Å². The Morgan fingerprint density at radius 1 is 0.962 bits per heavy atom. The number of nitrogens with one attached hydrogen (secondary N) is 1. The Morgan fingerprint density at radius 2 is 1.69 bits per heavy atom. The molecule has 1 aromatic carbocycles. The first-order valence-electron chi connectivity index (χ1n) is 10.7. The lowest BCUT2D eigenvalue weighted by Gasteiger charge is -2.37. The summed E-state index contributed by atoms with van der Waals surface area (Å²) in [6.07, 6.45) is 8.99. The molecule has 1 aromatic rings. The Hall–Kier alpha value is -1.10. The molecule has 146 valence electrons. The van der Waals surface area contributed by atoms with E-state index in [0.29, 0.717) is 0 Å². The molecule has 2 saturated heterocycles. The molecule has 0 aliphatic carbocycles. The Balaban J connectivity index is 1.34. The summed E-state index contributed by atoms with van der Waals surface area (Å²) in [6.45, 7) is 7.73. The first kappa shape index (κ1) is 19.7. The lowest BCUT2D eigenvalue weighted by Crippen LogP contribution is -2.43. The van der Waals surface area contributed by atoms with Crippen molar-refractivity contribution in [1.82, 2.24) is 10.2 Å². The van der Waals surface area contributed by atoms with E-state index >= 15 is 0 Å². The van der Waals surface area contributed by atoms with Gasteiger partial charge in [0.2, 0.25) is 0 Å². The van der Waals surface area contributed by atoms with Crippen LogP contribution < -0.4 is 10.2 Å². The molecule has 0 amide bonds. The summed E-state index contributed by atoms with van der Waals surface area (Å²) in [7, 11) is 1.96.